The van der Waals surface area contributed by atoms with Gasteiger partial charge >= 0.3 is 5.97 Å². The second kappa shape index (κ2) is 6.91. The van der Waals surface area contributed by atoms with E-state index in [2.05, 4.69) is 26.0 Å². The molecule has 0 aliphatic heterocycles. The van der Waals surface area contributed by atoms with Crippen molar-refractivity contribution in [2.24, 2.45) is 0 Å². The van der Waals surface area contributed by atoms with Gasteiger partial charge in [-0.15, -0.1) is 0 Å². The number of nitrogens with one attached hydrogen (secondary N) is 1. The fourth-order valence-corrected chi connectivity index (χ4v) is 2.60. The molecule has 1 N–H and O–H groups in total. The fourth-order valence-electron chi connectivity index (χ4n) is 1.77. The van der Waals surface area contributed by atoms with Gasteiger partial charge in [0, 0.05) is 21.7 Å². The maximum Gasteiger partial charge on any atom is 0.340 e. The summed E-state index contributed by atoms with van der Waals surface area (Å²) in [5.74, 6) is -1.29. The van der Waals surface area contributed by atoms with Crippen molar-refractivity contribution >= 4 is 39.2 Å². The summed E-state index contributed by atoms with van der Waals surface area (Å²) in [5.41, 5.74) is 1.48. The summed E-state index contributed by atoms with van der Waals surface area (Å²) in [6.45, 7) is 0.415. The van der Waals surface area contributed by atoms with E-state index in [0.29, 0.717) is 17.1 Å². The first-order valence-corrected chi connectivity index (χ1v) is 7.24. The highest BCUT2D eigenvalue weighted by Gasteiger charge is 2.12. The maximum atomic E-state index is 13.8. The molecule has 6 heteroatoms. The minimum Gasteiger partial charge on any atom is -0.465 e. The Balaban J connectivity index is 2.10. The van der Waals surface area contributed by atoms with Crippen LogP contribution in [0.4, 0.5) is 10.1 Å². The van der Waals surface area contributed by atoms with Crippen LogP contribution in [0.3, 0.4) is 0 Å². The molecule has 0 amide bonds. The van der Waals surface area contributed by atoms with Crippen LogP contribution in [0.5, 0.6) is 0 Å². The molecule has 0 fully saturated rings. The van der Waals surface area contributed by atoms with Gasteiger partial charge in [-0.05, 0) is 51.8 Å². The third kappa shape index (κ3) is 3.95. The predicted molar refractivity (Wildman–Crippen MR) is 84.2 cm³/mol. The molecular formula is C15H12BrClFNO2. The molecule has 0 atom stereocenters. The van der Waals surface area contributed by atoms with Crippen LogP contribution in [0, 0.1) is 5.82 Å². The van der Waals surface area contributed by atoms with Crippen LogP contribution in [0.15, 0.2) is 40.9 Å². The van der Waals surface area contributed by atoms with E-state index in [-0.39, 0.29) is 5.56 Å². The van der Waals surface area contributed by atoms with Gasteiger partial charge in [0.25, 0.3) is 0 Å². The van der Waals surface area contributed by atoms with Crippen molar-refractivity contribution in [2.75, 3.05) is 12.4 Å². The molecule has 2 aromatic rings. The van der Waals surface area contributed by atoms with Crippen molar-refractivity contribution in [1.29, 1.82) is 0 Å². The molecule has 0 saturated heterocycles. The lowest BCUT2D eigenvalue weighted by atomic mass is 10.1. The molecule has 0 aromatic heterocycles. The van der Waals surface area contributed by atoms with Crippen molar-refractivity contribution in [3.05, 3.63) is 62.8 Å². The molecule has 0 spiro atoms. The maximum absolute atomic E-state index is 13.8. The second-order valence-corrected chi connectivity index (χ2v) is 5.57. The minimum atomic E-state index is -0.688. The van der Waals surface area contributed by atoms with E-state index in [9.17, 15) is 9.18 Å². The van der Waals surface area contributed by atoms with Crippen molar-refractivity contribution in [3.8, 4) is 0 Å². The monoisotopic (exact) mass is 371 g/mol. The summed E-state index contributed by atoms with van der Waals surface area (Å²) in [4.78, 5) is 11.3. The topological polar surface area (TPSA) is 38.3 Å². The Morgan fingerprint density at radius 2 is 2.10 bits per heavy atom. The number of esters is 1. The van der Waals surface area contributed by atoms with E-state index in [4.69, 9.17) is 11.6 Å². The van der Waals surface area contributed by atoms with Gasteiger partial charge in [-0.3, -0.25) is 0 Å². The number of rotatable bonds is 4. The average Bonchev–Trinajstić information content (AvgIpc) is 2.45. The number of hydrogen-bond donors (Lipinski definition) is 1. The summed E-state index contributed by atoms with van der Waals surface area (Å²) in [6.07, 6.45) is 0. The Bertz CT molecular complexity index is 679. The molecular weight excluding hydrogens is 361 g/mol. The Labute approximate surface area is 135 Å². The van der Waals surface area contributed by atoms with Crippen LogP contribution in [-0.4, -0.2) is 13.1 Å². The van der Waals surface area contributed by atoms with Crippen molar-refractivity contribution in [3.63, 3.8) is 0 Å². The van der Waals surface area contributed by atoms with Gasteiger partial charge in [0.15, 0.2) is 0 Å². The Morgan fingerprint density at radius 3 is 2.71 bits per heavy atom. The van der Waals surface area contributed by atoms with Gasteiger partial charge < -0.3 is 10.1 Å². The van der Waals surface area contributed by atoms with Crippen LogP contribution in [0.2, 0.25) is 5.02 Å². The molecule has 0 radical (unpaired) electrons. The zero-order chi connectivity index (χ0) is 15.4. The third-order valence-electron chi connectivity index (χ3n) is 2.85. The fraction of sp³-hybridized carbons (Fsp3) is 0.133. The van der Waals surface area contributed by atoms with E-state index in [1.807, 2.05) is 6.07 Å². The number of anilines is 1. The predicted octanol–water partition coefficient (Wildman–Crippen LogP) is 4.64. The lowest BCUT2D eigenvalue weighted by Gasteiger charge is -2.10. The lowest BCUT2D eigenvalue weighted by molar-refractivity contribution is 0.0595. The molecule has 0 heterocycles. The number of carbonyl (C=O) groups is 1. The van der Waals surface area contributed by atoms with Crippen molar-refractivity contribution < 1.29 is 13.9 Å². The Kier molecular flexibility index (Phi) is 5.20. The van der Waals surface area contributed by atoms with Crippen LogP contribution in [0.25, 0.3) is 0 Å². The summed E-state index contributed by atoms with van der Waals surface area (Å²) >= 11 is 9.26. The van der Waals surface area contributed by atoms with Crippen LogP contribution < -0.4 is 5.32 Å². The second-order valence-electron chi connectivity index (χ2n) is 4.28. The number of methoxy groups -OCH3 is 1. The van der Waals surface area contributed by atoms with Gasteiger partial charge in [0.05, 0.1) is 12.7 Å². The molecule has 21 heavy (non-hydrogen) atoms. The SMILES string of the molecule is COC(=O)c1ccc(CNc2ccc(Cl)cc2Br)cc1F. The molecule has 0 bridgehead atoms. The van der Waals surface area contributed by atoms with E-state index < -0.39 is 11.8 Å². The first-order valence-electron chi connectivity index (χ1n) is 6.07. The van der Waals surface area contributed by atoms with Gasteiger partial charge in [-0.25, -0.2) is 9.18 Å². The van der Waals surface area contributed by atoms with E-state index in [1.54, 1.807) is 18.2 Å². The number of hydrogen-bond acceptors (Lipinski definition) is 3. The highest BCUT2D eigenvalue weighted by molar-refractivity contribution is 9.10. The van der Waals surface area contributed by atoms with E-state index in [0.717, 1.165) is 10.2 Å². The molecule has 2 rings (SSSR count). The molecule has 110 valence electrons. The Morgan fingerprint density at radius 1 is 1.33 bits per heavy atom. The van der Waals surface area contributed by atoms with Crippen LogP contribution >= 0.6 is 27.5 Å². The van der Waals surface area contributed by atoms with Crippen molar-refractivity contribution in [2.45, 2.75) is 6.54 Å². The number of carbonyl (C=O) groups excluding carboxylic acids is 1. The quantitative estimate of drug-likeness (QED) is 0.795. The van der Waals surface area contributed by atoms with E-state index in [1.165, 1.54) is 19.2 Å². The van der Waals surface area contributed by atoms with E-state index >= 15 is 0 Å². The highest BCUT2D eigenvalue weighted by atomic mass is 79.9. The molecule has 0 aliphatic rings. The Hall–Kier alpha value is -1.59. The number of halogens is 3. The molecule has 3 nitrogen and oxygen atoms in total. The molecule has 0 saturated carbocycles. The first kappa shape index (κ1) is 15.8. The number of ether oxygens (including phenoxy) is 1. The van der Waals surface area contributed by atoms with Crippen LogP contribution in [0.1, 0.15) is 15.9 Å². The molecule has 2 aromatic carbocycles. The van der Waals surface area contributed by atoms with Crippen LogP contribution in [-0.2, 0) is 11.3 Å². The summed E-state index contributed by atoms with van der Waals surface area (Å²) in [7, 11) is 1.22. The van der Waals surface area contributed by atoms with Gasteiger partial charge in [-0.1, -0.05) is 17.7 Å². The summed E-state index contributed by atoms with van der Waals surface area (Å²) < 4.78 is 19.1. The summed E-state index contributed by atoms with van der Waals surface area (Å²) in [5, 5.41) is 3.78. The zero-order valence-electron chi connectivity index (χ0n) is 11.1. The molecule has 0 aliphatic carbocycles. The highest BCUT2D eigenvalue weighted by Crippen LogP contribution is 2.26. The number of benzene rings is 2. The minimum absolute atomic E-state index is 0.0751. The third-order valence-corrected chi connectivity index (χ3v) is 3.74. The van der Waals surface area contributed by atoms with Gasteiger partial charge in [0.2, 0.25) is 0 Å². The largest absolute Gasteiger partial charge is 0.465 e. The smallest absolute Gasteiger partial charge is 0.340 e. The van der Waals surface area contributed by atoms with Gasteiger partial charge in [0.1, 0.15) is 5.82 Å². The average molecular weight is 373 g/mol. The normalized spacial score (nSPS) is 10.3. The van der Waals surface area contributed by atoms with Gasteiger partial charge in [-0.2, -0.15) is 0 Å². The lowest BCUT2D eigenvalue weighted by Crippen LogP contribution is -2.06. The molecule has 0 unspecified atom stereocenters. The standard InChI is InChI=1S/C15H12BrClFNO2/c1-21-15(20)11-4-2-9(6-13(11)18)8-19-14-5-3-10(17)7-12(14)16/h2-7,19H,8H2,1H3. The first-order chi connectivity index (χ1) is 10.0. The zero-order valence-corrected chi connectivity index (χ0v) is 13.5. The van der Waals surface area contributed by atoms with Crippen molar-refractivity contribution in [1.82, 2.24) is 0 Å². The summed E-state index contributed by atoms with van der Waals surface area (Å²) in [6, 6.07) is 9.75.